The maximum absolute atomic E-state index is 5.53. The Morgan fingerprint density at radius 1 is 1.03 bits per heavy atom. The zero-order valence-electron chi connectivity index (χ0n) is 20.5. The van der Waals surface area contributed by atoms with E-state index >= 15 is 0 Å². The van der Waals surface area contributed by atoms with Crippen LogP contribution in [-0.4, -0.2) is 57.3 Å². The van der Waals surface area contributed by atoms with Crippen LogP contribution in [0, 0.1) is 13.8 Å². The molecule has 0 aromatic carbocycles. The first-order valence-electron chi connectivity index (χ1n) is 12.1. The van der Waals surface area contributed by atoms with E-state index in [0.717, 1.165) is 85.2 Å². The molecule has 1 aliphatic heterocycles. The van der Waals surface area contributed by atoms with Crippen LogP contribution in [0.3, 0.4) is 0 Å². The first-order chi connectivity index (χ1) is 15.4. The molecule has 0 aliphatic carbocycles. The molecule has 0 unspecified atom stereocenters. The third kappa shape index (κ3) is 4.44. The highest BCUT2D eigenvalue weighted by molar-refractivity contribution is 5.80. The Labute approximate surface area is 192 Å². The summed E-state index contributed by atoms with van der Waals surface area (Å²) >= 11 is 0. The fourth-order valence-electron chi connectivity index (χ4n) is 4.64. The van der Waals surface area contributed by atoms with Crippen molar-refractivity contribution in [3.05, 3.63) is 41.0 Å². The van der Waals surface area contributed by atoms with Gasteiger partial charge in [-0.05, 0) is 50.3 Å². The van der Waals surface area contributed by atoms with Crippen LogP contribution in [0.4, 0.5) is 0 Å². The molecule has 0 saturated carbocycles. The van der Waals surface area contributed by atoms with Gasteiger partial charge in [-0.15, -0.1) is 0 Å². The van der Waals surface area contributed by atoms with Crippen molar-refractivity contribution in [1.29, 1.82) is 0 Å². The minimum Gasteiger partial charge on any atom is -0.379 e. The molecule has 1 fully saturated rings. The third-order valence-electron chi connectivity index (χ3n) is 6.62. The van der Waals surface area contributed by atoms with Gasteiger partial charge < -0.3 is 9.30 Å². The first kappa shape index (κ1) is 22.9. The average molecular weight is 436 g/mol. The van der Waals surface area contributed by atoms with Gasteiger partial charge in [0.05, 0.1) is 24.6 Å². The summed E-state index contributed by atoms with van der Waals surface area (Å²) in [6.07, 6.45) is 4.18. The van der Waals surface area contributed by atoms with Gasteiger partial charge in [-0.2, -0.15) is 0 Å². The standard InChI is InChI=1S/C26H37N5O/c1-7-20(16-30-11-13-32-14-12-30)31-15-18(5)24-26(31)27-19(6)25(29-24)21-9-10-23(17(3)4)28-22(21)8-2/h9-10,15,17,20H,7-8,11-14,16H2,1-6H3/t20-/m1/s1. The number of nitrogens with zero attached hydrogens (tertiary/aromatic N) is 5. The number of hydrogen-bond acceptors (Lipinski definition) is 5. The van der Waals surface area contributed by atoms with E-state index in [4.69, 9.17) is 19.7 Å². The van der Waals surface area contributed by atoms with Crippen LogP contribution in [0.15, 0.2) is 18.3 Å². The van der Waals surface area contributed by atoms with E-state index < -0.39 is 0 Å². The minimum absolute atomic E-state index is 0.377. The number of aromatic nitrogens is 4. The number of fused-ring (bicyclic) bond motifs is 1. The van der Waals surface area contributed by atoms with Crippen molar-refractivity contribution in [2.24, 2.45) is 0 Å². The monoisotopic (exact) mass is 435 g/mol. The molecule has 1 atom stereocenters. The summed E-state index contributed by atoms with van der Waals surface area (Å²) in [6, 6.07) is 4.70. The van der Waals surface area contributed by atoms with Gasteiger partial charge in [-0.3, -0.25) is 9.88 Å². The van der Waals surface area contributed by atoms with Crippen LogP contribution in [0.5, 0.6) is 0 Å². The van der Waals surface area contributed by atoms with Crippen LogP contribution in [0.25, 0.3) is 22.4 Å². The maximum atomic E-state index is 5.53. The van der Waals surface area contributed by atoms with Crippen molar-refractivity contribution < 1.29 is 4.74 Å². The largest absolute Gasteiger partial charge is 0.379 e. The zero-order chi connectivity index (χ0) is 22.8. The molecule has 0 bridgehead atoms. The normalized spacial score (nSPS) is 16.2. The molecule has 6 nitrogen and oxygen atoms in total. The van der Waals surface area contributed by atoms with E-state index in [1.165, 1.54) is 5.56 Å². The molecule has 32 heavy (non-hydrogen) atoms. The summed E-state index contributed by atoms with van der Waals surface area (Å²) < 4.78 is 7.88. The highest BCUT2D eigenvalue weighted by atomic mass is 16.5. The van der Waals surface area contributed by atoms with Gasteiger partial charge in [-0.1, -0.05) is 27.7 Å². The van der Waals surface area contributed by atoms with E-state index in [9.17, 15) is 0 Å². The summed E-state index contributed by atoms with van der Waals surface area (Å²) in [4.78, 5) is 17.7. The molecular formula is C26H37N5O. The Kier molecular flexibility index (Phi) is 6.91. The molecule has 4 heterocycles. The SMILES string of the molecule is CCc1nc(C(C)C)ccc1-c1nc2c(C)cn([C@H](CC)CN3CCOCC3)c2nc1C. The molecular weight excluding hydrogens is 398 g/mol. The van der Waals surface area contributed by atoms with E-state index in [1.807, 2.05) is 0 Å². The van der Waals surface area contributed by atoms with E-state index in [0.29, 0.717) is 12.0 Å². The lowest BCUT2D eigenvalue weighted by Crippen LogP contribution is -2.39. The van der Waals surface area contributed by atoms with Gasteiger partial charge in [-0.25, -0.2) is 9.97 Å². The number of ether oxygens (including phenoxy) is 1. The molecule has 172 valence electrons. The molecule has 0 amide bonds. The Balaban J connectivity index is 1.74. The molecule has 0 radical (unpaired) electrons. The molecule has 0 N–H and O–H groups in total. The lowest BCUT2D eigenvalue weighted by atomic mass is 10.0. The summed E-state index contributed by atoms with van der Waals surface area (Å²) in [6.45, 7) is 17.7. The lowest BCUT2D eigenvalue weighted by Gasteiger charge is -2.31. The molecule has 3 aromatic heterocycles. The number of aryl methyl sites for hydroxylation is 3. The predicted octanol–water partition coefficient (Wildman–Crippen LogP) is 5.08. The van der Waals surface area contributed by atoms with Crippen molar-refractivity contribution in [1.82, 2.24) is 24.4 Å². The van der Waals surface area contributed by atoms with Gasteiger partial charge >= 0.3 is 0 Å². The molecule has 4 rings (SSSR count). The predicted molar refractivity (Wildman–Crippen MR) is 130 cm³/mol. The van der Waals surface area contributed by atoms with Gasteiger partial charge in [0.15, 0.2) is 5.65 Å². The average Bonchev–Trinajstić information content (AvgIpc) is 3.12. The minimum atomic E-state index is 0.377. The number of rotatable bonds is 7. The fourth-order valence-corrected chi connectivity index (χ4v) is 4.64. The van der Waals surface area contributed by atoms with E-state index in [-0.39, 0.29) is 0 Å². The number of pyridine rings is 1. The van der Waals surface area contributed by atoms with Crippen molar-refractivity contribution >= 4 is 11.2 Å². The van der Waals surface area contributed by atoms with Crippen LogP contribution >= 0.6 is 0 Å². The Morgan fingerprint density at radius 2 is 1.78 bits per heavy atom. The van der Waals surface area contributed by atoms with Gasteiger partial charge in [0.25, 0.3) is 0 Å². The zero-order valence-corrected chi connectivity index (χ0v) is 20.5. The smallest absolute Gasteiger partial charge is 0.159 e. The highest BCUT2D eigenvalue weighted by Crippen LogP contribution is 2.31. The van der Waals surface area contributed by atoms with Crippen molar-refractivity contribution in [2.75, 3.05) is 32.8 Å². The molecule has 1 aliphatic rings. The second-order valence-electron chi connectivity index (χ2n) is 9.26. The highest BCUT2D eigenvalue weighted by Gasteiger charge is 2.22. The fraction of sp³-hybridized carbons (Fsp3) is 0.577. The summed E-state index contributed by atoms with van der Waals surface area (Å²) in [5, 5.41) is 0. The lowest BCUT2D eigenvalue weighted by molar-refractivity contribution is 0.0314. The van der Waals surface area contributed by atoms with E-state index in [1.54, 1.807) is 0 Å². The van der Waals surface area contributed by atoms with Crippen molar-refractivity contribution in [3.8, 4) is 11.3 Å². The van der Waals surface area contributed by atoms with Gasteiger partial charge in [0, 0.05) is 48.8 Å². The Hall–Kier alpha value is -2.31. The summed E-state index contributed by atoms with van der Waals surface area (Å²) in [5.74, 6) is 0.415. The van der Waals surface area contributed by atoms with Crippen LogP contribution < -0.4 is 0 Å². The van der Waals surface area contributed by atoms with Crippen molar-refractivity contribution in [2.45, 2.75) is 66.3 Å². The number of morpholine rings is 1. The van der Waals surface area contributed by atoms with Crippen LogP contribution in [0.1, 0.15) is 68.7 Å². The van der Waals surface area contributed by atoms with Crippen LogP contribution in [-0.2, 0) is 11.2 Å². The Morgan fingerprint density at radius 3 is 2.44 bits per heavy atom. The summed E-state index contributed by atoms with van der Waals surface area (Å²) in [7, 11) is 0. The molecule has 6 heteroatoms. The Bertz CT molecular complexity index is 1080. The van der Waals surface area contributed by atoms with Crippen LogP contribution in [0.2, 0.25) is 0 Å². The quantitative estimate of drug-likeness (QED) is 0.518. The second kappa shape index (κ2) is 9.67. The van der Waals surface area contributed by atoms with Gasteiger partial charge in [0.2, 0.25) is 0 Å². The maximum Gasteiger partial charge on any atom is 0.159 e. The topological polar surface area (TPSA) is 56.1 Å². The molecule has 1 saturated heterocycles. The summed E-state index contributed by atoms with van der Waals surface area (Å²) in [5.41, 5.74) is 8.44. The third-order valence-corrected chi connectivity index (χ3v) is 6.62. The molecule has 3 aromatic rings. The van der Waals surface area contributed by atoms with E-state index in [2.05, 4.69) is 69.3 Å². The van der Waals surface area contributed by atoms with Crippen molar-refractivity contribution in [3.63, 3.8) is 0 Å². The first-order valence-corrected chi connectivity index (χ1v) is 12.1. The second-order valence-corrected chi connectivity index (χ2v) is 9.26. The van der Waals surface area contributed by atoms with Gasteiger partial charge in [0.1, 0.15) is 5.52 Å². The molecule has 0 spiro atoms. The number of hydrogen-bond donors (Lipinski definition) is 0.